The van der Waals surface area contributed by atoms with Gasteiger partial charge in [0.1, 0.15) is 23.8 Å². The molecule has 0 unspecified atom stereocenters. The van der Waals surface area contributed by atoms with Gasteiger partial charge in [0, 0.05) is 37.4 Å². The number of aliphatic hydroxyl groups excluding tert-OH is 1. The third-order valence-corrected chi connectivity index (χ3v) is 8.39. The molecule has 47 heavy (non-hydrogen) atoms. The Bertz CT molecular complexity index is 1710. The fraction of sp³-hybridized carbons (Fsp3) is 0.406. The number of aromatic nitrogens is 5. The van der Waals surface area contributed by atoms with Gasteiger partial charge in [-0.1, -0.05) is 43.3 Å². The minimum atomic E-state index is -1.23. The number of nitrogens with zero attached hydrogens (tertiary/aromatic N) is 6. The van der Waals surface area contributed by atoms with Crippen molar-refractivity contribution in [2.45, 2.75) is 57.8 Å². The van der Waals surface area contributed by atoms with E-state index >= 15 is 4.39 Å². The molecule has 2 aliphatic rings. The number of rotatable bonds is 11. The number of aliphatic hydroxyl groups is 1. The van der Waals surface area contributed by atoms with E-state index in [4.69, 9.17) is 15.0 Å². The number of hydrogen-bond donors (Lipinski definition) is 4. The van der Waals surface area contributed by atoms with Gasteiger partial charge in [0.2, 0.25) is 5.91 Å². The summed E-state index contributed by atoms with van der Waals surface area (Å²) in [4.78, 5) is 44.9. The standard InChI is InChI=1S/C32H37FN8O6/c1-19(2)29(36-32(44)45)31(43)40-12-3-4-28(40)30-34-15-27(35-30)21-7-5-20(6-8-21)25-10-9-23(14-26(25)33)41-18-24(46-47-41)17-39-16-22(11-13-42)37-38-39/h5-10,14-16,19,24,28-29,36,42H,3-4,11-13,17-18H2,1-2H3,(H,34,35)(H,44,45)/t24-,28+,29+/m1/s1. The number of anilines is 1. The average Bonchev–Trinajstić information content (AvgIpc) is 3.87. The lowest BCUT2D eigenvalue weighted by Crippen LogP contribution is -2.50. The zero-order valence-corrected chi connectivity index (χ0v) is 26.0. The second-order valence-corrected chi connectivity index (χ2v) is 12.0. The Morgan fingerprint density at radius 1 is 1.17 bits per heavy atom. The molecule has 0 radical (unpaired) electrons. The number of amides is 2. The average molecular weight is 649 g/mol. The van der Waals surface area contributed by atoms with Crippen LogP contribution in [-0.2, 0) is 27.6 Å². The number of nitrogens with one attached hydrogen (secondary N) is 2. The van der Waals surface area contributed by atoms with E-state index in [-0.39, 0.29) is 30.6 Å². The molecule has 2 fully saturated rings. The zero-order chi connectivity index (χ0) is 33.1. The molecule has 4 heterocycles. The van der Waals surface area contributed by atoms with Crippen molar-refractivity contribution in [2.24, 2.45) is 5.92 Å². The number of imidazole rings is 1. The first kappa shape index (κ1) is 32.1. The molecule has 15 heteroatoms. The van der Waals surface area contributed by atoms with Crippen molar-refractivity contribution in [3.8, 4) is 22.4 Å². The van der Waals surface area contributed by atoms with Crippen molar-refractivity contribution in [3.63, 3.8) is 0 Å². The van der Waals surface area contributed by atoms with Crippen LogP contribution in [0.1, 0.15) is 44.2 Å². The van der Waals surface area contributed by atoms with Gasteiger partial charge < -0.3 is 25.4 Å². The van der Waals surface area contributed by atoms with Crippen LogP contribution in [0.25, 0.3) is 22.4 Å². The Morgan fingerprint density at radius 2 is 1.96 bits per heavy atom. The van der Waals surface area contributed by atoms with Gasteiger partial charge in [0.25, 0.3) is 0 Å². The number of halogens is 1. The maximum absolute atomic E-state index is 15.3. The summed E-state index contributed by atoms with van der Waals surface area (Å²) >= 11 is 0. The molecule has 248 valence electrons. The maximum atomic E-state index is 15.3. The van der Waals surface area contributed by atoms with Crippen molar-refractivity contribution in [2.75, 3.05) is 24.8 Å². The normalized spacial score (nSPS) is 18.7. The molecule has 2 aromatic heterocycles. The van der Waals surface area contributed by atoms with Crippen molar-refractivity contribution in [3.05, 3.63) is 72.2 Å². The van der Waals surface area contributed by atoms with Crippen molar-refractivity contribution in [1.29, 1.82) is 0 Å². The van der Waals surface area contributed by atoms with Crippen LogP contribution >= 0.6 is 0 Å². The number of H-pyrrole nitrogens is 1. The summed E-state index contributed by atoms with van der Waals surface area (Å²) in [7, 11) is 0. The second kappa shape index (κ2) is 13.9. The van der Waals surface area contributed by atoms with Gasteiger partial charge in [-0.3, -0.25) is 4.79 Å². The number of likely N-dealkylation sites (tertiary alicyclic amines) is 1. The molecule has 0 spiro atoms. The summed E-state index contributed by atoms with van der Waals surface area (Å²) in [6.07, 6.45) is 3.80. The van der Waals surface area contributed by atoms with E-state index in [9.17, 15) is 14.7 Å². The Hall–Kier alpha value is -4.86. The molecule has 4 N–H and O–H groups in total. The van der Waals surface area contributed by atoms with E-state index in [1.54, 1.807) is 34.1 Å². The van der Waals surface area contributed by atoms with E-state index in [1.807, 2.05) is 38.1 Å². The molecule has 2 aromatic carbocycles. The molecule has 2 saturated heterocycles. The molecule has 0 saturated carbocycles. The highest BCUT2D eigenvalue weighted by Crippen LogP contribution is 2.34. The van der Waals surface area contributed by atoms with Gasteiger partial charge in [-0.2, -0.15) is 0 Å². The summed E-state index contributed by atoms with van der Waals surface area (Å²) < 4.78 is 17.0. The van der Waals surface area contributed by atoms with E-state index in [1.165, 1.54) is 11.1 Å². The topological polar surface area (TPSA) is 171 Å². The highest BCUT2D eigenvalue weighted by molar-refractivity contribution is 5.86. The van der Waals surface area contributed by atoms with Crippen LogP contribution in [0.4, 0.5) is 14.9 Å². The largest absolute Gasteiger partial charge is 0.465 e. The smallest absolute Gasteiger partial charge is 0.405 e. The Morgan fingerprint density at radius 3 is 2.68 bits per heavy atom. The fourth-order valence-electron chi connectivity index (χ4n) is 5.98. The number of hydroxylamine groups is 1. The summed E-state index contributed by atoms with van der Waals surface area (Å²) in [5, 5.41) is 30.1. The van der Waals surface area contributed by atoms with E-state index in [0.29, 0.717) is 60.8 Å². The monoisotopic (exact) mass is 648 g/mol. The molecular formula is C32H37FN8O6. The molecular weight excluding hydrogens is 611 g/mol. The van der Waals surface area contributed by atoms with Crippen LogP contribution in [0.3, 0.4) is 0 Å². The van der Waals surface area contributed by atoms with Crippen LogP contribution in [-0.4, -0.2) is 83.9 Å². The van der Waals surface area contributed by atoms with Gasteiger partial charge >= 0.3 is 6.09 Å². The molecule has 0 aliphatic carbocycles. The van der Waals surface area contributed by atoms with Gasteiger partial charge in [-0.05, 0) is 42.0 Å². The Labute approximate surface area is 270 Å². The predicted molar refractivity (Wildman–Crippen MR) is 167 cm³/mol. The van der Waals surface area contributed by atoms with E-state index < -0.39 is 18.0 Å². The van der Waals surface area contributed by atoms with E-state index in [0.717, 1.165) is 17.7 Å². The second-order valence-electron chi connectivity index (χ2n) is 12.0. The van der Waals surface area contributed by atoms with Crippen LogP contribution in [0.2, 0.25) is 0 Å². The quantitative estimate of drug-likeness (QED) is 0.176. The molecule has 3 atom stereocenters. The molecule has 4 aromatic rings. The summed E-state index contributed by atoms with van der Waals surface area (Å²) in [6, 6.07) is 11.1. The van der Waals surface area contributed by atoms with Crippen LogP contribution in [0.5, 0.6) is 0 Å². The van der Waals surface area contributed by atoms with Crippen molar-refractivity contribution in [1.82, 2.24) is 35.2 Å². The summed E-state index contributed by atoms with van der Waals surface area (Å²) in [6.45, 7) is 4.89. The lowest BCUT2D eigenvalue weighted by molar-refractivity contribution is -0.284. The summed E-state index contributed by atoms with van der Waals surface area (Å²) in [5.74, 6) is -0.245. The number of benzene rings is 2. The maximum Gasteiger partial charge on any atom is 0.405 e. The van der Waals surface area contributed by atoms with Gasteiger partial charge in [0.05, 0.1) is 42.4 Å². The third-order valence-electron chi connectivity index (χ3n) is 8.39. The molecule has 14 nitrogen and oxygen atoms in total. The number of carboxylic acid groups (broad SMARTS) is 1. The number of carbonyl (C=O) groups is 2. The van der Waals surface area contributed by atoms with Gasteiger partial charge in [-0.15, -0.1) is 10.1 Å². The van der Waals surface area contributed by atoms with Gasteiger partial charge in [0.15, 0.2) is 0 Å². The highest BCUT2D eigenvalue weighted by Gasteiger charge is 2.37. The number of hydrogen-bond acceptors (Lipinski definition) is 9. The predicted octanol–water partition coefficient (Wildman–Crippen LogP) is 3.72. The fourth-order valence-corrected chi connectivity index (χ4v) is 5.98. The lowest BCUT2D eigenvalue weighted by Gasteiger charge is -2.29. The van der Waals surface area contributed by atoms with E-state index in [2.05, 4.69) is 25.6 Å². The first-order chi connectivity index (χ1) is 22.7. The minimum absolute atomic E-state index is 0.00686. The zero-order valence-electron chi connectivity index (χ0n) is 26.0. The van der Waals surface area contributed by atoms with Gasteiger partial charge in [-0.25, -0.2) is 28.8 Å². The van der Waals surface area contributed by atoms with Crippen LogP contribution in [0, 0.1) is 11.7 Å². The third kappa shape index (κ3) is 7.11. The Kier molecular flexibility index (Phi) is 9.47. The number of aromatic amines is 1. The SMILES string of the molecule is CC(C)[C@H](NC(=O)O)C(=O)N1CCC[C@H]1c1ncc(-c2ccc(-c3ccc(N4C[C@@H](Cn5cc(CCO)nn5)OO4)cc3F)cc2)[nH]1. The van der Waals surface area contributed by atoms with Crippen LogP contribution < -0.4 is 10.4 Å². The minimum Gasteiger partial charge on any atom is -0.465 e. The highest BCUT2D eigenvalue weighted by atomic mass is 19.1. The molecule has 0 bridgehead atoms. The number of carbonyl (C=O) groups excluding carboxylic acids is 1. The van der Waals surface area contributed by atoms with Crippen molar-refractivity contribution < 1.29 is 34.1 Å². The first-order valence-corrected chi connectivity index (χ1v) is 15.6. The molecule has 2 aliphatic heterocycles. The Balaban J connectivity index is 1.09. The molecule has 6 rings (SSSR count). The first-order valence-electron chi connectivity index (χ1n) is 15.6. The van der Waals surface area contributed by atoms with Crippen LogP contribution in [0.15, 0.2) is 54.9 Å². The molecule has 2 amide bonds. The lowest BCUT2D eigenvalue weighted by atomic mass is 10.0. The summed E-state index contributed by atoms with van der Waals surface area (Å²) in [5.41, 5.74) is 3.90. The van der Waals surface area contributed by atoms with Crippen molar-refractivity contribution >= 4 is 17.7 Å².